The minimum absolute atomic E-state index is 0.187. The monoisotopic (exact) mass is 384 g/mol. The van der Waals surface area contributed by atoms with Crippen molar-refractivity contribution in [1.29, 1.82) is 0 Å². The van der Waals surface area contributed by atoms with Gasteiger partial charge in [0.05, 0.1) is 13.6 Å². The highest BCUT2D eigenvalue weighted by Crippen LogP contribution is 2.36. The van der Waals surface area contributed by atoms with Crippen molar-refractivity contribution in [2.45, 2.75) is 105 Å². The molecule has 0 atom stereocenters. The lowest BCUT2D eigenvalue weighted by Crippen LogP contribution is -2.20. The molecule has 2 rings (SSSR count). The van der Waals surface area contributed by atoms with Crippen molar-refractivity contribution in [1.82, 2.24) is 4.98 Å². The summed E-state index contributed by atoms with van der Waals surface area (Å²) in [5.41, 5.74) is 2.01. The summed E-state index contributed by atoms with van der Waals surface area (Å²) < 4.78 is 24.3. The van der Waals surface area contributed by atoms with Gasteiger partial charge in [-0.15, -0.1) is 0 Å². The van der Waals surface area contributed by atoms with Crippen LogP contribution < -0.4 is 0 Å². The molecule has 0 saturated carbocycles. The van der Waals surface area contributed by atoms with Crippen LogP contribution in [0.25, 0.3) is 11.1 Å². The van der Waals surface area contributed by atoms with Gasteiger partial charge in [-0.1, -0.05) is 41.5 Å². The lowest BCUT2D eigenvalue weighted by atomic mass is 9.84. The van der Waals surface area contributed by atoms with E-state index in [2.05, 4.69) is 83.1 Å². The second-order valence-corrected chi connectivity index (χ2v) is 12.0. The van der Waals surface area contributed by atoms with Gasteiger partial charge in [-0.3, -0.25) is 4.98 Å². The van der Waals surface area contributed by atoms with Gasteiger partial charge in [-0.05, 0) is 64.8 Å². The summed E-state index contributed by atoms with van der Waals surface area (Å²) in [5.74, 6) is 1.71. The van der Waals surface area contributed by atoms with Crippen LogP contribution in [0.3, 0.4) is 0 Å². The fourth-order valence-corrected chi connectivity index (χ4v) is 2.68. The predicted molar refractivity (Wildman–Crippen MR) is 121 cm³/mol. The van der Waals surface area contributed by atoms with E-state index in [1.54, 1.807) is 0 Å². The quantitative estimate of drug-likeness (QED) is 0.468. The first-order valence-electron chi connectivity index (χ1n) is 11.3. The third-order valence-electron chi connectivity index (χ3n) is 4.69. The molecule has 0 fully saturated rings. The maximum atomic E-state index is 9.02. The Morgan fingerprint density at radius 3 is 1.25 bits per heavy atom. The second-order valence-electron chi connectivity index (χ2n) is 12.0. The molecule has 0 aliphatic heterocycles. The Labute approximate surface area is 175 Å². The minimum atomic E-state index is -0.293. The molecular formula is C26H40NO+. The molecule has 2 aromatic rings. The van der Waals surface area contributed by atoms with Crippen LogP contribution in [0.4, 0.5) is 0 Å². The number of aromatic nitrogens is 1. The normalized spacial score (nSPS) is 14.7. The van der Waals surface area contributed by atoms with Gasteiger partial charge < -0.3 is 0 Å². The summed E-state index contributed by atoms with van der Waals surface area (Å²) in [4.78, 5) is 4.84. The molecular weight excluding hydrogens is 342 g/mol. The zero-order valence-corrected chi connectivity index (χ0v) is 20.0. The number of pyridine rings is 1. The minimum Gasteiger partial charge on any atom is -0.257 e. The SMILES string of the molecule is [2H]c1c(C(C)(C)C)nc(C(C)(C)C)c([2H])c1-c1cc(C(C)(C)C)[o+]c(C(C)(C)C)c1. The van der Waals surface area contributed by atoms with Crippen molar-refractivity contribution in [3.63, 3.8) is 0 Å². The Morgan fingerprint density at radius 2 is 0.964 bits per heavy atom. The lowest BCUT2D eigenvalue weighted by molar-refractivity contribution is 0.329. The van der Waals surface area contributed by atoms with Crippen LogP contribution >= 0.6 is 0 Å². The van der Waals surface area contributed by atoms with Crippen LogP contribution in [0, 0.1) is 0 Å². The van der Waals surface area contributed by atoms with E-state index in [0.717, 1.165) is 28.5 Å². The number of nitrogens with zero attached hydrogens (tertiary/aromatic N) is 1. The Kier molecular flexibility index (Phi) is 4.88. The topological polar surface area (TPSA) is 24.2 Å². The van der Waals surface area contributed by atoms with Crippen LogP contribution in [-0.2, 0) is 21.7 Å². The summed E-state index contributed by atoms with van der Waals surface area (Å²) in [5, 5.41) is 0. The highest BCUT2D eigenvalue weighted by Gasteiger charge is 2.34. The van der Waals surface area contributed by atoms with E-state index in [4.69, 9.17) is 12.1 Å². The zero-order valence-electron chi connectivity index (χ0n) is 22.0. The van der Waals surface area contributed by atoms with Crippen molar-refractivity contribution < 1.29 is 7.16 Å². The molecule has 2 heterocycles. The maximum Gasteiger partial charge on any atom is 0.335 e. The molecule has 2 nitrogen and oxygen atoms in total. The molecule has 0 spiro atoms. The van der Waals surface area contributed by atoms with Crippen molar-refractivity contribution in [2.75, 3.05) is 0 Å². The van der Waals surface area contributed by atoms with Crippen molar-refractivity contribution in [2.24, 2.45) is 0 Å². The first kappa shape index (κ1) is 19.6. The van der Waals surface area contributed by atoms with Crippen LogP contribution in [0.15, 0.2) is 28.6 Å². The van der Waals surface area contributed by atoms with Crippen molar-refractivity contribution in [3.05, 3.63) is 47.1 Å². The van der Waals surface area contributed by atoms with Gasteiger partial charge in [0.1, 0.15) is 0 Å². The summed E-state index contributed by atoms with van der Waals surface area (Å²) in [6.45, 7) is 25.2. The van der Waals surface area contributed by atoms with Gasteiger partial charge in [0.25, 0.3) is 0 Å². The molecule has 0 unspecified atom stereocenters. The van der Waals surface area contributed by atoms with Crippen molar-refractivity contribution >= 4 is 0 Å². The second kappa shape index (κ2) is 6.97. The van der Waals surface area contributed by atoms with Gasteiger partial charge in [0.2, 0.25) is 0 Å². The van der Waals surface area contributed by atoms with Gasteiger partial charge in [-0.2, -0.15) is 0 Å². The highest BCUT2D eigenvalue weighted by molar-refractivity contribution is 5.66. The molecule has 0 aliphatic rings. The Morgan fingerprint density at radius 1 is 0.607 bits per heavy atom. The molecule has 2 heteroatoms. The summed E-state index contributed by atoms with van der Waals surface area (Å²) in [6, 6.07) is 4.71. The molecule has 0 aromatic carbocycles. The third kappa shape index (κ3) is 5.21. The molecule has 0 saturated heterocycles. The van der Waals surface area contributed by atoms with E-state index >= 15 is 0 Å². The number of hydrogen-bond acceptors (Lipinski definition) is 1. The average molecular weight is 385 g/mol. The first-order valence-corrected chi connectivity index (χ1v) is 10.3. The average Bonchev–Trinajstić information content (AvgIpc) is 2.50. The number of rotatable bonds is 1. The van der Waals surface area contributed by atoms with Gasteiger partial charge in [-0.25, -0.2) is 4.42 Å². The van der Waals surface area contributed by atoms with Gasteiger partial charge in [0, 0.05) is 34.4 Å². The standard InChI is InChI=1S/C26H40NO/c1-23(2,3)19-13-17(14-20(27-19)24(4,5)6)18-15-21(25(7,8)9)28-22(16-18)26(10,11)12/h13-16H,1-12H3/q+1/i13D,14D. The van der Waals surface area contributed by atoms with E-state index in [1.807, 2.05) is 12.1 Å². The largest absolute Gasteiger partial charge is 0.335 e. The Balaban J connectivity index is 3.03. The smallest absolute Gasteiger partial charge is 0.257 e. The summed E-state index contributed by atoms with van der Waals surface area (Å²) in [6.07, 6.45) is 0. The lowest BCUT2D eigenvalue weighted by Gasteiger charge is -2.25. The molecule has 0 amide bonds. The molecule has 0 aliphatic carbocycles. The van der Waals surface area contributed by atoms with Crippen LogP contribution in [0.1, 0.15) is 109 Å². The number of hydrogen-bond donors (Lipinski definition) is 0. The molecule has 154 valence electrons. The Hall–Kier alpha value is -1.70. The fourth-order valence-electron chi connectivity index (χ4n) is 2.68. The van der Waals surface area contributed by atoms with Crippen LogP contribution in [0.2, 0.25) is 0 Å². The molecule has 0 N–H and O–H groups in total. The first-order chi connectivity index (χ1) is 13.2. The Bertz CT molecular complexity index is 879. The van der Waals surface area contributed by atoms with Crippen LogP contribution in [0.5, 0.6) is 0 Å². The van der Waals surface area contributed by atoms with E-state index in [1.165, 1.54) is 0 Å². The fraction of sp³-hybridized carbons (Fsp3) is 0.615. The van der Waals surface area contributed by atoms with E-state index < -0.39 is 0 Å². The van der Waals surface area contributed by atoms with E-state index in [9.17, 15) is 0 Å². The van der Waals surface area contributed by atoms with E-state index in [-0.39, 0.29) is 21.7 Å². The molecule has 28 heavy (non-hydrogen) atoms. The maximum absolute atomic E-state index is 9.02. The third-order valence-corrected chi connectivity index (χ3v) is 4.69. The predicted octanol–water partition coefficient (Wildman–Crippen LogP) is 7.81. The van der Waals surface area contributed by atoms with Crippen molar-refractivity contribution in [3.8, 4) is 11.1 Å². The zero-order chi connectivity index (χ0) is 23.4. The highest BCUT2D eigenvalue weighted by atomic mass is 16.3. The van der Waals surface area contributed by atoms with E-state index in [0.29, 0.717) is 17.6 Å². The van der Waals surface area contributed by atoms with Gasteiger partial charge in [0.15, 0.2) is 0 Å². The molecule has 0 bridgehead atoms. The van der Waals surface area contributed by atoms with Crippen LogP contribution in [-0.4, -0.2) is 4.98 Å². The molecule has 2 aromatic heterocycles. The molecule has 0 radical (unpaired) electrons. The van der Waals surface area contributed by atoms with Gasteiger partial charge >= 0.3 is 11.5 Å². The summed E-state index contributed by atoms with van der Waals surface area (Å²) >= 11 is 0. The summed E-state index contributed by atoms with van der Waals surface area (Å²) in [7, 11) is 0.